The number of nitrogens with one attached hydrogen (secondary N) is 1. The smallest absolute Gasteiger partial charge is 0.328 e. The second kappa shape index (κ2) is 4.69. The molecule has 0 saturated carbocycles. The van der Waals surface area contributed by atoms with E-state index in [0.29, 0.717) is 0 Å². The number of hydrogen-bond acceptors (Lipinski definition) is 7. The van der Waals surface area contributed by atoms with Crippen LogP contribution in [0.25, 0.3) is 0 Å². The van der Waals surface area contributed by atoms with Crippen molar-refractivity contribution in [2.24, 2.45) is 0 Å². The van der Waals surface area contributed by atoms with Crippen molar-refractivity contribution in [3.8, 4) is 0 Å². The maximum absolute atomic E-state index is 11.7. The summed E-state index contributed by atoms with van der Waals surface area (Å²) in [4.78, 5) is 23.8. The summed E-state index contributed by atoms with van der Waals surface area (Å²) in [7, 11) is 0. The third kappa shape index (κ3) is 2.19. The molecule has 0 spiro atoms. The number of carbonyl (C=O) groups excluding carboxylic acids is 2. The lowest BCUT2D eigenvalue weighted by Crippen LogP contribution is -2.70. The molecule has 0 aliphatic carbocycles. The van der Waals surface area contributed by atoms with Crippen LogP contribution in [0.15, 0.2) is 0 Å². The van der Waals surface area contributed by atoms with E-state index in [1.807, 2.05) is 5.32 Å². The first kappa shape index (κ1) is 14.2. The van der Waals surface area contributed by atoms with Crippen molar-refractivity contribution in [2.75, 3.05) is 6.61 Å². The lowest BCUT2D eigenvalue weighted by atomic mass is 10.00. The number of nitrogens with zero attached hydrogens (tertiary/aromatic N) is 1. The highest BCUT2D eigenvalue weighted by Crippen LogP contribution is 2.29. The zero-order chi connectivity index (χ0) is 14.4. The van der Waals surface area contributed by atoms with Crippen molar-refractivity contribution >= 4 is 11.9 Å². The third-order valence-electron chi connectivity index (χ3n) is 3.38. The number of imide groups is 1. The standard InChI is InChI=1S/C10H16N2O7/c1-10(18)7(15)11-9(17)12(8(10)16)6-2-4(14)5(3-13)19-6/h4-6,8,13-14,16,18H,2-3H2,1H3,(H,11,15,17)/t4-,5+,6+,8-,10-/m0/s1. The molecule has 9 nitrogen and oxygen atoms in total. The molecule has 19 heavy (non-hydrogen) atoms. The van der Waals surface area contributed by atoms with Crippen molar-refractivity contribution in [3.05, 3.63) is 0 Å². The van der Waals surface area contributed by atoms with Crippen molar-refractivity contribution < 1.29 is 34.8 Å². The van der Waals surface area contributed by atoms with Gasteiger partial charge in [0.05, 0.1) is 12.7 Å². The molecule has 2 rings (SSSR count). The lowest BCUT2D eigenvalue weighted by Gasteiger charge is -2.42. The van der Waals surface area contributed by atoms with Crippen LogP contribution in [0, 0.1) is 0 Å². The molecule has 9 heteroatoms. The highest BCUT2D eigenvalue weighted by Gasteiger charge is 2.53. The Morgan fingerprint density at radius 3 is 2.63 bits per heavy atom. The molecular weight excluding hydrogens is 260 g/mol. The minimum Gasteiger partial charge on any atom is -0.394 e. The Hall–Kier alpha value is -1.26. The van der Waals surface area contributed by atoms with Gasteiger partial charge in [-0.25, -0.2) is 4.79 Å². The number of hydrogen-bond donors (Lipinski definition) is 5. The molecule has 108 valence electrons. The highest BCUT2D eigenvalue weighted by molar-refractivity contribution is 6.01. The molecule has 3 amide bonds. The van der Waals surface area contributed by atoms with Gasteiger partial charge in [0.25, 0.3) is 5.91 Å². The molecule has 0 aromatic rings. The van der Waals surface area contributed by atoms with E-state index in [1.54, 1.807) is 0 Å². The van der Waals surface area contributed by atoms with Crippen LogP contribution in [0.4, 0.5) is 4.79 Å². The fraction of sp³-hybridized carbons (Fsp3) is 0.800. The molecule has 5 atom stereocenters. The normalized spacial score (nSPS) is 43.5. The van der Waals surface area contributed by atoms with Crippen LogP contribution in [0.3, 0.4) is 0 Å². The molecule has 2 saturated heterocycles. The summed E-state index contributed by atoms with van der Waals surface area (Å²) >= 11 is 0. The van der Waals surface area contributed by atoms with Gasteiger partial charge >= 0.3 is 6.03 Å². The average Bonchev–Trinajstić information content (AvgIpc) is 2.68. The minimum absolute atomic E-state index is 0.0417. The second-order valence-electron chi connectivity index (χ2n) is 4.80. The Kier molecular flexibility index (Phi) is 3.49. The average molecular weight is 276 g/mol. The van der Waals surface area contributed by atoms with Crippen LogP contribution in [0.5, 0.6) is 0 Å². The first-order valence-corrected chi connectivity index (χ1v) is 5.77. The summed E-state index contributed by atoms with van der Waals surface area (Å²) in [6.45, 7) is 0.611. The van der Waals surface area contributed by atoms with Gasteiger partial charge in [-0.15, -0.1) is 0 Å². The van der Waals surface area contributed by atoms with Gasteiger partial charge in [-0.3, -0.25) is 15.0 Å². The number of carbonyl (C=O) groups is 2. The maximum Gasteiger partial charge on any atom is 0.328 e. The molecule has 0 bridgehead atoms. The summed E-state index contributed by atoms with van der Waals surface area (Å²) in [5, 5.41) is 40.2. The van der Waals surface area contributed by atoms with Crippen LogP contribution < -0.4 is 5.32 Å². The van der Waals surface area contributed by atoms with Crippen molar-refractivity contribution in [1.82, 2.24) is 10.2 Å². The molecule has 2 aliphatic rings. The number of amides is 3. The van der Waals surface area contributed by atoms with Gasteiger partial charge in [0, 0.05) is 6.42 Å². The van der Waals surface area contributed by atoms with Gasteiger partial charge in [-0.1, -0.05) is 0 Å². The molecule has 5 N–H and O–H groups in total. The number of aliphatic hydroxyl groups is 4. The fourth-order valence-corrected chi connectivity index (χ4v) is 2.13. The molecule has 0 aromatic heterocycles. The number of ether oxygens (including phenoxy) is 1. The second-order valence-corrected chi connectivity index (χ2v) is 4.80. The first-order chi connectivity index (χ1) is 8.78. The predicted octanol–water partition coefficient (Wildman–Crippen LogP) is -2.92. The number of urea groups is 1. The van der Waals surface area contributed by atoms with E-state index in [9.17, 15) is 24.9 Å². The number of aliphatic hydroxyl groups excluding tert-OH is 3. The quantitative estimate of drug-likeness (QED) is 0.364. The van der Waals surface area contributed by atoms with Crippen molar-refractivity contribution in [3.63, 3.8) is 0 Å². The molecule has 0 unspecified atom stereocenters. The molecule has 2 heterocycles. The zero-order valence-corrected chi connectivity index (χ0v) is 10.2. The SMILES string of the molecule is C[C@]1(O)C(=O)NC(=O)N([C@H]2C[C@H](O)[C@@H](CO)O2)[C@H]1O. The summed E-state index contributed by atoms with van der Waals surface area (Å²) in [5.74, 6) is -1.02. The van der Waals surface area contributed by atoms with Gasteiger partial charge in [0.2, 0.25) is 0 Å². The minimum atomic E-state index is -2.18. The Labute approximate surface area is 108 Å². The van der Waals surface area contributed by atoms with Gasteiger partial charge in [0.15, 0.2) is 11.8 Å². The van der Waals surface area contributed by atoms with E-state index in [2.05, 4.69) is 0 Å². The molecule has 2 aliphatic heterocycles. The topological polar surface area (TPSA) is 140 Å². The summed E-state index contributed by atoms with van der Waals surface area (Å²) in [6.07, 6.45) is -4.77. The highest BCUT2D eigenvalue weighted by atomic mass is 16.6. The van der Waals surface area contributed by atoms with Crippen LogP contribution >= 0.6 is 0 Å². The van der Waals surface area contributed by atoms with Crippen molar-refractivity contribution in [2.45, 2.75) is 43.6 Å². The van der Waals surface area contributed by atoms with Gasteiger partial charge in [0.1, 0.15) is 12.3 Å². The molecular formula is C10H16N2O7. The van der Waals surface area contributed by atoms with E-state index in [0.717, 1.165) is 11.8 Å². The maximum atomic E-state index is 11.7. The van der Waals surface area contributed by atoms with Gasteiger partial charge in [-0.2, -0.15) is 0 Å². The van der Waals surface area contributed by atoms with Crippen LogP contribution in [-0.2, 0) is 9.53 Å². The van der Waals surface area contributed by atoms with Crippen LogP contribution in [0.2, 0.25) is 0 Å². The fourth-order valence-electron chi connectivity index (χ4n) is 2.13. The first-order valence-electron chi connectivity index (χ1n) is 5.77. The van der Waals surface area contributed by atoms with Crippen LogP contribution in [-0.4, -0.2) is 74.1 Å². The Morgan fingerprint density at radius 2 is 2.11 bits per heavy atom. The summed E-state index contributed by atoms with van der Waals surface area (Å²) in [6, 6.07) is -0.931. The molecule has 2 fully saturated rings. The largest absolute Gasteiger partial charge is 0.394 e. The van der Waals surface area contributed by atoms with Crippen LogP contribution in [0.1, 0.15) is 13.3 Å². The van der Waals surface area contributed by atoms with E-state index in [1.165, 1.54) is 0 Å². The van der Waals surface area contributed by atoms with Gasteiger partial charge < -0.3 is 25.2 Å². The third-order valence-corrected chi connectivity index (χ3v) is 3.38. The van der Waals surface area contributed by atoms with Gasteiger partial charge in [-0.05, 0) is 6.92 Å². The predicted molar refractivity (Wildman–Crippen MR) is 58.4 cm³/mol. The molecule has 0 radical (unpaired) electrons. The lowest BCUT2D eigenvalue weighted by molar-refractivity contribution is -0.193. The summed E-state index contributed by atoms with van der Waals surface area (Å²) in [5.41, 5.74) is -2.18. The van der Waals surface area contributed by atoms with E-state index >= 15 is 0 Å². The Bertz CT molecular complexity index is 399. The Balaban J connectivity index is 2.20. The zero-order valence-electron chi connectivity index (χ0n) is 10.2. The van der Waals surface area contributed by atoms with Crippen molar-refractivity contribution in [1.29, 1.82) is 0 Å². The monoisotopic (exact) mass is 276 g/mol. The Morgan fingerprint density at radius 1 is 1.47 bits per heavy atom. The summed E-state index contributed by atoms with van der Waals surface area (Å²) < 4.78 is 5.21. The van der Waals surface area contributed by atoms with E-state index < -0.39 is 48.8 Å². The number of rotatable bonds is 2. The molecule has 0 aromatic carbocycles. The van der Waals surface area contributed by atoms with E-state index in [4.69, 9.17) is 9.84 Å². The van der Waals surface area contributed by atoms with E-state index in [-0.39, 0.29) is 6.42 Å².